The Kier molecular flexibility index (Phi) is 2.45. The van der Waals surface area contributed by atoms with Crippen LogP contribution < -0.4 is 11.1 Å². The van der Waals surface area contributed by atoms with Crippen molar-refractivity contribution in [1.82, 2.24) is 20.0 Å². The van der Waals surface area contributed by atoms with Gasteiger partial charge in [-0.2, -0.15) is 10.2 Å². The molecule has 0 aliphatic rings. The number of aryl methyl sites for hydroxylation is 1. The van der Waals surface area contributed by atoms with E-state index < -0.39 is 0 Å². The number of H-pyrrole nitrogens is 1. The van der Waals surface area contributed by atoms with Crippen LogP contribution in [0.5, 0.6) is 0 Å². The fraction of sp³-hybridized carbons (Fsp3) is 0.0833. The quantitative estimate of drug-likeness (QED) is 0.598. The molecule has 0 fully saturated rings. The molecule has 7 heteroatoms. The Morgan fingerprint density at radius 2 is 2.32 bits per heavy atom. The number of fused-ring (bicyclic) bond motifs is 1. The summed E-state index contributed by atoms with van der Waals surface area (Å²) in [7, 11) is 1.78. The molecule has 0 radical (unpaired) electrons. The first kappa shape index (κ1) is 11.3. The molecule has 0 unspecified atom stereocenters. The zero-order chi connectivity index (χ0) is 13.4. The number of amides is 1. The predicted molar refractivity (Wildman–Crippen MR) is 71.7 cm³/mol. The molecule has 0 atom stereocenters. The minimum absolute atomic E-state index is 0.301. The van der Waals surface area contributed by atoms with Crippen molar-refractivity contribution in [2.24, 2.45) is 7.05 Å². The molecule has 4 N–H and O–H groups in total. The Bertz CT molecular complexity index is 757. The fourth-order valence-corrected chi connectivity index (χ4v) is 1.88. The predicted octanol–water partition coefficient (Wildman–Crippen LogP) is 1.13. The molecule has 0 spiro atoms. The van der Waals surface area contributed by atoms with Crippen molar-refractivity contribution in [3.8, 4) is 0 Å². The Labute approximate surface area is 108 Å². The maximum absolute atomic E-state index is 12.1. The van der Waals surface area contributed by atoms with Gasteiger partial charge in [-0.05, 0) is 18.2 Å². The maximum Gasteiger partial charge on any atom is 0.276 e. The van der Waals surface area contributed by atoms with Crippen LogP contribution in [0, 0.1) is 0 Å². The molecule has 0 bridgehead atoms. The number of nitrogens with zero attached hydrogens (tertiary/aromatic N) is 3. The molecule has 0 aliphatic carbocycles. The first-order valence-corrected chi connectivity index (χ1v) is 5.67. The summed E-state index contributed by atoms with van der Waals surface area (Å²) in [5, 5.41) is 14.2. The van der Waals surface area contributed by atoms with Crippen molar-refractivity contribution < 1.29 is 4.79 Å². The van der Waals surface area contributed by atoms with Gasteiger partial charge in [0.1, 0.15) is 0 Å². The van der Waals surface area contributed by atoms with E-state index in [-0.39, 0.29) is 5.91 Å². The summed E-state index contributed by atoms with van der Waals surface area (Å²) in [6, 6.07) is 5.26. The number of nitrogen functional groups attached to an aromatic ring is 1. The van der Waals surface area contributed by atoms with E-state index in [1.807, 2.05) is 0 Å². The zero-order valence-electron chi connectivity index (χ0n) is 10.2. The van der Waals surface area contributed by atoms with Crippen LogP contribution in [0.4, 0.5) is 11.4 Å². The van der Waals surface area contributed by atoms with Crippen LogP contribution in [0.15, 0.2) is 30.6 Å². The van der Waals surface area contributed by atoms with Crippen molar-refractivity contribution in [1.29, 1.82) is 0 Å². The van der Waals surface area contributed by atoms with Gasteiger partial charge in [0.15, 0.2) is 5.69 Å². The average Bonchev–Trinajstić information content (AvgIpc) is 2.95. The third-order valence-corrected chi connectivity index (χ3v) is 2.76. The van der Waals surface area contributed by atoms with Crippen molar-refractivity contribution in [3.63, 3.8) is 0 Å². The van der Waals surface area contributed by atoms with Crippen LogP contribution in [-0.2, 0) is 7.05 Å². The second-order valence-electron chi connectivity index (χ2n) is 4.23. The molecule has 7 nitrogen and oxygen atoms in total. The van der Waals surface area contributed by atoms with Gasteiger partial charge in [0, 0.05) is 24.3 Å². The Morgan fingerprint density at radius 1 is 1.47 bits per heavy atom. The average molecular weight is 256 g/mol. The van der Waals surface area contributed by atoms with Crippen LogP contribution in [0.2, 0.25) is 0 Å². The van der Waals surface area contributed by atoms with Gasteiger partial charge in [0.2, 0.25) is 0 Å². The van der Waals surface area contributed by atoms with E-state index in [2.05, 4.69) is 20.6 Å². The van der Waals surface area contributed by atoms with E-state index in [0.29, 0.717) is 22.5 Å². The van der Waals surface area contributed by atoms with E-state index in [9.17, 15) is 4.79 Å². The molecule has 0 saturated carbocycles. The number of hydrogen-bond acceptors (Lipinski definition) is 4. The molecular weight excluding hydrogens is 244 g/mol. The summed E-state index contributed by atoms with van der Waals surface area (Å²) in [4.78, 5) is 12.1. The number of rotatable bonds is 2. The smallest absolute Gasteiger partial charge is 0.276 e. The van der Waals surface area contributed by atoms with E-state index in [1.54, 1.807) is 42.3 Å². The number of nitrogens with one attached hydrogen (secondary N) is 2. The van der Waals surface area contributed by atoms with Gasteiger partial charge in [-0.15, -0.1) is 0 Å². The van der Waals surface area contributed by atoms with Gasteiger partial charge >= 0.3 is 0 Å². The topological polar surface area (TPSA) is 102 Å². The lowest BCUT2D eigenvalue weighted by Crippen LogP contribution is -2.12. The summed E-state index contributed by atoms with van der Waals surface area (Å²) in [6.45, 7) is 0. The number of carbonyl (C=O) groups is 1. The lowest BCUT2D eigenvalue weighted by atomic mass is 10.2. The maximum atomic E-state index is 12.1. The van der Waals surface area contributed by atoms with Crippen molar-refractivity contribution in [2.75, 3.05) is 11.1 Å². The van der Waals surface area contributed by atoms with E-state index >= 15 is 0 Å². The molecule has 2 aromatic heterocycles. The Hall–Kier alpha value is -2.83. The van der Waals surface area contributed by atoms with Gasteiger partial charge in [-0.1, -0.05) is 0 Å². The van der Waals surface area contributed by atoms with E-state index in [1.165, 1.54) is 0 Å². The molecule has 3 rings (SSSR count). The molecule has 1 aromatic carbocycles. The Balaban J connectivity index is 1.95. The monoisotopic (exact) mass is 256 g/mol. The normalized spacial score (nSPS) is 10.8. The second-order valence-corrected chi connectivity index (χ2v) is 4.23. The molecule has 96 valence electrons. The number of hydrogen-bond donors (Lipinski definition) is 3. The highest BCUT2D eigenvalue weighted by molar-refractivity contribution is 6.11. The van der Waals surface area contributed by atoms with Crippen molar-refractivity contribution in [3.05, 3.63) is 36.3 Å². The SMILES string of the molecule is Cn1cc(NC(=O)c2n[nH]c3ccc(N)cc23)cn1. The highest BCUT2D eigenvalue weighted by Gasteiger charge is 2.15. The van der Waals surface area contributed by atoms with Crippen molar-refractivity contribution in [2.45, 2.75) is 0 Å². The minimum atomic E-state index is -0.301. The Morgan fingerprint density at radius 3 is 3.05 bits per heavy atom. The number of nitrogens with two attached hydrogens (primary N) is 1. The molecule has 19 heavy (non-hydrogen) atoms. The second kappa shape index (κ2) is 4.13. The molecular formula is C12H12N6O. The zero-order valence-corrected chi connectivity index (χ0v) is 10.2. The minimum Gasteiger partial charge on any atom is -0.399 e. The summed E-state index contributed by atoms with van der Waals surface area (Å²) in [6.07, 6.45) is 3.28. The molecule has 1 amide bonds. The lowest BCUT2D eigenvalue weighted by molar-refractivity contribution is 0.102. The number of carbonyl (C=O) groups excluding carboxylic acids is 1. The highest BCUT2D eigenvalue weighted by Crippen LogP contribution is 2.19. The number of benzene rings is 1. The summed E-state index contributed by atoms with van der Waals surface area (Å²) < 4.78 is 1.61. The van der Waals surface area contributed by atoms with E-state index in [0.717, 1.165) is 5.52 Å². The summed E-state index contributed by atoms with van der Waals surface area (Å²) >= 11 is 0. The summed E-state index contributed by atoms with van der Waals surface area (Å²) in [5.74, 6) is -0.301. The first-order valence-electron chi connectivity index (χ1n) is 5.67. The summed E-state index contributed by atoms with van der Waals surface area (Å²) in [5.41, 5.74) is 8.01. The highest BCUT2D eigenvalue weighted by atomic mass is 16.1. The van der Waals surface area contributed by atoms with Crippen molar-refractivity contribution >= 4 is 28.2 Å². The standard InChI is InChI=1S/C12H12N6O/c1-18-6-8(5-14-18)15-12(19)11-9-4-7(13)2-3-10(9)16-17-11/h2-6H,13H2,1H3,(H,15,19)(H,16,17). The molecule has 2 heterocycles. The van der Waals surface area contributed by atoms with Crippen LogP contribution in [-0.4, -0.2) is 25.9 Å². The van der Waals surface area contributed by atoms with Gasteiger partial charge in [0.05, 0.1) is 17.4 Å². The first-order chi connectivity index (χ1) is 9.13. The fourth-order valence-electron chi connectivity index (χ4n) is 1.88. The molecule has 0 saturated heterocycles. The van der Waals surface area contributed by atoms with Gasteiger partial charge in [0.25, 0.3) is 5.91 Å². The third kappa shape index (κ3) is 2.01. The number of anilines is 2. The molecule has 0 aliphatic heterocycles. The van der Waals surface area contributed by atoms with Crippen LogP contribution in [0.25, 0.3) is 10.9 Å². The van der Waals surface area contributed by atoms with Crippen LogP contribution in [0.1, 0.15) is 10.5 Å². The third-order valence-electron chi connectivity index (χ3n) is 2.76. The number of aromatic amines is 1. The van der Waals surface area contributed by atoms with Crippen LogP contribution >= 0.6 is 0 Å². The van der Waals surface area contributed by atoms with E-state index in [4.69, 9.17) is 5.73 Å². The lowest BCUT2D eigenvalue weighted by Gasteiger charge is -1.99. The van der Waals surface area contributed by atoms with Crippen LogP contribution in [0.3, 0.4) is 0 Å². The largest absolute Gasteiger partial charge is 0.399 e. The van der Waals surface area contributed by atoms with Gasteiger partial charge in [-0.3, -0.25) is 14.6 Å². The van der Waals surface area contributed by atoms with Gasteiger partial charge < -0.3 is 11.1 Å². The molecule has 3 aromatic rings. The number of aromatic nitrogens is 4. The van der Waals surface area contributed by atoms with Gasteiger partial charge in [-0.25, -0.2) is 0 Å².